The quantitative estimate of drug-likeness (QED) is 0.669. The molecule has 2 rings (SSSR count). The van der Waals surface area contributed by atoms with E-state index < -0.39 is 0 Å². The Bertz CT molecular complexity index is 405. The molecule has 0 unspecified atom stereocenters. The molecule has 0 radical (unpaired) electrons. The molecule has 0 aliphatic rings. The fourth-order valence-corrected chi connectivity index (χ4v) is 1.21. The van der Waals surface area contributed by atoms with Crippen LogP contribution in [0.1, 0.15) is 5.76 Å². The van der Waals surface area contributed by atoms with Crippen molar-refractivity contribution < 1.29 is 8.91 Å². The number of hydrogen-bond donors (Lipinski definition) is 0. The van der Waals surface area contributed by atoms with Crippen molar-refractivity contribution in [3.8, 4) is 11.1 Å². The summed E-state index contributed by atoms with van der Waals surface area (Å²) in [5, 5.41) is 3.65. The fourth-order valence-electron chi connectivity index (χ4n) is 1.21. The average molecular weight is 177 g/mol. The van der Waals surface area contributed by atoms with Gasteiger partial charge in [-0.25, -0.2) is 4.39 Å². The Kier molecular flexibility index (Phi) is 1.85. The van der Waals surface area contributed by atoms with Crippen molar-refractivity contribution in [3.05, 3.63) is 42.0 Å². The molecule has 0 aliphatic heterocycles. The van der Waals surface area contributed by atoms with Crippen LogP contribution >= 0.6 is 0 Å². The molecule has 0 aliphatic carbocycles. The third-order valence-corrected chi connectivity index (χ3v) is 1.91. The van der Waals surface area contributed by atoms with E-state index in [2.05, 4.69) is 5.16 Å². The van der Waals surface area contributed by atoms with Gasteiger partial charge in [-0.15, -0.1) is 0 Å². The Morgan fingerprint density at radius 3 is 2.46 bits per heavy atom. The summed E-state index contributed by atoms with van der Waals surface area (Å²) in [5.74, 6) is 0.504. The third kappa shape index (κ3) is 1.45. The summed E-state index contributed by atoms with van der Waals surface area (Å²) in [6.07, 6.45) is 1.63. The van der Waals surface area contributed by atoms with Gasteiger partial charge in [0, 0.05) is 5.56 Å². The molecule has 0 atom stereocenters. The Labute approximate surface area is 75.0 Å². The van der Waals surface area contributed by atoms with E-state index in [9.17, 15) is 4.39 Å². The van der Waals surface area contributed by atoms with Gasteiger partial charge < -0.3 is 4.52 Å². The minimum absolute atomic E-state index is 0.238. The molecule has 2 nitrogen and oxygen atoms in total. The van der Waals surface area contributed by atoms with Gasteiger partial charge in [0.2, 0.25) is 0 Å². The van der Waals surface area contributed by atoms with Crippen molar-refractivity contribution in [2.45, 2.75) is 6.92 Å². The predicted octanol–water partition coefficient (Wildman–Crippen LogP) is 2.79. The Hall–Kier alpha value is -1.64. The molecule has 1 aromatic heterocycles. The van der Waals surface area contributed by atoms with Crippen LogP contribution in [0.3, 0.4) is 0 Å². The number of benzene rings is 1. The van der Waals surface area contributed by atoms with Gasteiger partial charge in [0.15, 0.2) is 0 Å². The van der Waals surface area contributed by atoms with Crippen molar-refractivity contribution in [2.24, 2.45) is 0 Å². The predicted molar refractivity (Wildman–Crippen MR) is 46.6 cm³/mol. The van der Waals surface area contributed by atoms with Crippen LogP contribution in [0.5, 0.6) is 0 Å². The van der Waals surface area contributed by atoms with Crippen molar-refractivity contribution >= 4 is 0 Å². The second-order valence-corrected chi connectivity index (χ2v) is 2.80. The average Bonchev–Trinajstić information content (AvgIpc) is 2.53. The number of aryl methyl sites for hydroxylation is 1. The number of rotatable bonds is 1. The first-order chi connectivity index (χ1) is 6.27. The summed E-state index contributed by atoms with van der Waals surface area (Å²) in [6.45, 7) is 1.83. The lowest BCUT2D eigenvalue weighted by Gasteiger charge is -1.96. The maximum atomic E-state index is 12.6. The molecule has 1 heterocycles. The number of nitrogens with zero attached hydrogens (tertiary/aromatic N) is 1. The molecule has 0 fully saturated rings. The zero-order valence-electron chi connectivity index (χ0n) is 7.12. The summed E-state index contributed by atoms with van der Waals surface area (Å²) in [6, 6.07) is 6.24. The maximum absolute atomic E-state index is 12.6. The molecule has 0 saturated heterocycles. The van der Waals surface area contributed by atoms with Gasteiger partial charge in [-0.1, -0.05) is 17.3 Å². The molecule has 66 valence electrons. The first-order valence-corrected chi connectivity index (χ1v) is 3.94. The summed E-state index contributed by atoms with van der Waals surface area (Å²) >= 11 is 0. The molecule has 1 aromatic carbocycles. The fraction of sp³-hybridized carbons (Fsp3) is 0.100. The highest BCUT2D eigenvalue weighted by molar-refractivity contribution is 5.63. The minimum atomic E-state index is -0.238. The SMILES string of the molecule is Cc1oncc1-c1ccc(F)cc1. The lowest BCUT2D eigenvalue weighted by atomic mass is 10.1. The highest BCUT2D eigenvalue weighted by Crippen LogP contribution is 2.22. The summed E-state index contributed by atoms with van der Waals surface area (Å²) < 4.78 is 17.5. The van der Waals surface area contributed by atoms with Crippen LogP contribution in [-0.2, 0) is 0 Å². The topological polar surface area (TPSA) is 26.0 Å². The standard InChI is InChI=1S/C10H8FNO/c1-7-10(6-12-13-7)8-2-4-9(11)5-3-8/h2-6H,1H3. The van der Waals surface area contributed by atoms with Crippen molar-refractivity contribution in [1.29, 1.82) is 0 Å². The van der Waals surface area contributed by atoms with Crippen LogP contribution in [0.2, 0.25) is 0 Å². The lowest BCUT2D eigenvalue weighted by molar-refractivity contribution is 0.398. The normalized spacial score (nSPS) is 10.3. The monoisotopic (exact) mass is 177 g/mol. The third-order valence-electron chi connectivity index (χ3n) is 1.91. The molecule has 0 spiro atoms. The minimum Gasteiger partial charge on any atom is -0.361 e. The smallest absolute Gasteiger partial charge is 0.141 e. The van der Waals surface area contributed by atoms with E-state index in [4.69, 9.17) is 4.52 Å². The largest absolute Gasteiger partial charge is 0.361 e. The van der Waals surface area contributed by atoms with Crippen molar-refractivity contribution in [2.75, 3.05) is 0 Å². The van der Waals surface area contributed by atoms with E-state index in [-0.39, 0.29) is 5.82 Å². The Morgan fingerprint density at radius 1 is 1.23 bits per heavy atom. The molecule has 0 saturated carbocycles. The van der Waals surface area contributed by atoms with E-state index in [0.29, 0.717) is 0 Å². The number of halogens is 1. The van der Waals surface area contributed by atoms with E-state index in [0.717, 1.165) is 16.9 Å². The lowest BCUT2D eigenvalue weighted by Crippen LogP contribution is -1.78. The van der Waals surface area contributed by atoms with E-state index in [1.165, 1.54) is 12.1 Å². The number of aromatic nitrogens is 1. The van der Waals surface area contributed by atoms with Gasteiger partial charge in [0.1, 0.15) is 11.6 Å². The molecular weight excluding hydrogens is 169 g/mol. The van der Waals surface area contributed by atoms with Gasteiger partial charge >= 0.3 is 0 Å². The molecule has 0 bridgehead atoms. The van der Waals surface area contributed by atoms with Crippen LogP contribution in [0.15, 0.2) is 35.0 Å². The van der Waals surface area contributed by atoms with E-state index in [1.807, 2.05) is 6.92 Å². The van der Waals surface area contributed by atoms with Gasteiger partial charge in [-0.05, 0) is 24.6 Å². The van der Waals surface area contributed by atoms with Crippen LogP contribution < -0.4 is 0 Å². The summed E-state index contributed by atoms with van der Waals surface area (Å²) in [7, 11) is 0. The van der Waals surface area contributed by atoms with Crippen LogP contribution in [0, 0.1) is 12.7 Å². The van der Waals surface area contributed by atoms with Crippen LogP contribution in [0.25, 0.3) is 11.1 Å². The van der Waals surface area contributed by atoms with Gasteiger partial charge in [-0.3, -0.25) is 0 Å². The molecular formula is C10H8FNO. The van der Waals surface area contributed by atoms with Gasteiger partial charge in [0.05, 0.1) is 6.20 Å². The van der Waals surface area contributed by atoms with Crippen molar-refractivity contribution in [3.63, 3.8) is 0 Å². The van der Waals surface area contributed by atoms with E-state index in [1.54, 1.807) is 18.3 Å². The first-order valence-electron chi connectivity index (χ1n) is 3.94. The second-order valence-electron chi connectivity index (χ2n) is 2.80. The summed E-state index contributed by atoms with van der Waals surface area (Å²) in [5.41, 5.74) is 1.82. The second kappa shape index (κ2) is 3.01. The molecule has 3 heteroatoms. The highest BCUT2D eigenvalue weighted by atomic mass is 19.1. The zero-order valence-corrected chi connectivity index (χ0v) is 7.12. The molecule has 0 amide bonds. The highest BCUT2D eigenvalue weighted by Gasteiger charge is 2.04. The number of hydrogen-bond acceptors (Lipinski definition) is 2. The van der Waals surface area contributed by atoms with Gasteiger partial charge in [0.25, 0.3) is 0 Å². The Balaban J connectivity index is 2.47. The Morgan fingerprint density at radius 2 is 1.92 bits per heavy atom. The summed E-state index contributed by atoms with van der Waals surface area (Å²) in [4.78, 5) is 0. The zero-order chi connectivity index (χ0) is 9.26. The van der Waals surface area contributed by atoms with Gasteiger partial charge in [-0.2, -0.15) is 0 Å². The van der Waals surface area contributed by atoms with Crippen molar-refractivity contribution in [1.82, 2.24) is 5.16 Å². The van der Waals surface area contributed by atoms with E-state index >= 15 is 0 Å². The first kappa shape index (κ1) is 7.98. The molecule has 0 N–H and O–H groups in total. The maximum Gasteiger partial charge on any atom is 0.141 e. The van der Waals surface area contributed by atoms with Crippen LogP contribution in [-0.4, -0.2) is 5.16 Å². The molecule has 13 heavy (non-hydrogen) atoms. The molecule has 2 aromatic rings. The van der Waals surface area contributed by atoms with Crippen LogP contribution in [0.4, 0.5) is 4.39 Å².